The number of benzene rings is 2. The Morgan fingerprint density at radius 3 is 2.71 bits per heavy atom. The van der Waals surface area contributed by atoms with Crippen LogP contribution >= 0.6 is 23.2 Å². The Morgan fingerprint density at radius 2 is 1.92 bits per heavy atom. The maximum atomic E-state index is 11.9. The molecule has 0 unspecified atom stereocenters. The quantitative estimate of drug-likeness (QED) is 0.554. The van der Waals surface area contributed by atoms with Gasteiger partial charge in [-0.25, -0.2) is 10.4 Å². The van der Waals surface area contributed by atoms with E-state index in [1.54, 1.807) is 24.5 Å². The first kappa shape index (κ1) is 16.5. The molecule has 0 saturated heterocycles. The highest BCUT2D eigenvalue weighted by molar-refractivity contribution is 6.38. The minimum Gasteiger partial charge on any atom is -0.330 e. The number of fused-ring (bicyclic) bond motifs is 1. The molecule has 0 fully saturated rings. The predicted octanol–water partition coefficient (Wildman–Crippen LogP) is 3.88. The zero-order valence-electron chi connectivity index (χ0n) is 12.6. The van der Waals surface area contributed by atoms with Crippen LogP contribution in [0.25, 0.3) is 11.0 Å². The lowest BCUT2D eigenvalue weighted by Gasteiger charge is -2.04. The van der Waals surface area contributed by atoms with Crippen LogP contribution in [0.1, 0.15) is 12.0 Å². The van der Waals surface area contributed by atoms with E-state index in [0.717, 1.165) is 11.0 Å². The molecule has 7 heteroatoms. The Labute approximate surface area is 148 Å². The molecule has 1 amide bonds. The number of para-hydroxylation sites is 2. The maximum Gasteiger partial charge on any atom is 0.241 e. The van der Waals surface area contributed by atoms with Crippen LogP contribution in [-0.4, -0.2) is 21.7 Å². The summed E-state index contributed by atoms with van der Waals surface area (Å²) >= 11 is 12.1. The zero-order chi connectivity index (χ0) is 16.9. The number of hydrazone groups is 1. The second-order valence-corrected chi connectivity index (χ2v) is 5.92. The number of nitrogens with one attached hydrogen (secondary N) is 1. The molecule has 3 rings (SSSR count). The SMILES string of the molecule is O=C(CCn1cnc2ccccc21)NN=Cc1c(Cl)cccc1Cl. The third kappa shape index (κ3) is 3.75. The van der Waals surface area contributed by atoms with Crippen molar-refractivity contribution in [3.05, 3.63) is 64.4 Å². The number of aromatic nitrogens is 2. The summed E-state index contributed by atoms with van der Waals surface area (Å²) in [6.45, 7) is 0.523. The molecule has 0 saturated carbocycles. The molecule has 0 aliphatic heterocycles. The van der Waals surface area contributed by atoms with Crippen LogP contribution in [0.2, 0.25) is 10.0 Å². The fourth-order valence-electron chi connectivity index (χ4n) is 2.27. The van der Waals surface area contributed by atoms with Crippen molar-refractivity contribution in [3.8, 4) is 0 Å². The molecule has 1 N–H and O–H groups in total. The first-order chi connectivity index (χ1) is 11.6. The molecule has 0 radical (unpaired) electrons. The van der Waals surface area contributed by atoms with Gasteiger partial charge in [-0.15, -0.1) is 0 Å². The monoisotopic (exact) mass is 360 g/mol. The van der Waals surface area contributed by atoms with Gasteiger partial charge in [0.05, 0.1) is 33.6 Å². The van der Waals surface area contributed by atoms with Crippen molar-refractivity contribution in [2.24, 2.45) is 5.10 Å². The van der Waals surface area contributed by atoms with Gasteiger partial charge >= 0.3 is 0 Å². The number of carbonyl (C=O) groups is 1. The van der Waals surface area contributed by atoms with E-state index in [4.69, 9.17) is 23.2 Å². The van der Waals surface area contributed by atoms with Crippen LogP contribution in [-0.2, 0) is 11.3 Å². The average molecular weight is 361 g/mol. The van der Waals surface area contributed by atoms with Gasteiger partial charge in [0, 0.05) is 18.5 Å². The molecule has 0 bridgehead atoms. The molecular weight excluding hydrogens is 347 g/mol. The number of halogens is 2. The van der Waals surface area contributed by atoms with Crippen molar-refractivity contribution in [1.82, 2.24) is 15.0 Å². The lowest BCUT2D eigenvalue weighted by molar-refractivity contribution is -0.121. The summed E-state index contributed by atoms with van der Waals surface area (Å²) in [5.41, 5.74) is 4.95. The molecule has 5 nitrogen and oxygen atoms in total. The van der Waals surface area contributed by atoms with Crippen LogP contribution in [0.15, 0.2) is 53.9 Å². The standard InChI is InChI=1S/C17H14Cl2N4O/c18-13-4-3-5-14(19)12(13)10-21-22-17(24)8-9-23-11-20-15-6-1-2-7-16(15)23/h1-7,10-11H,8-9H2,(H,22,24). The first-order valence-corrected chi connectivity index (χ1v) is 8.06. The van der Waals surface area contributed by atoms with E-state index in [1.807, 2.05) is 28.8 Å². The molecule has 122 valence electrons. The highest BCUT2D eigenvalue weighted by atomic mass is 35.5. The average Bonchev–Trinajstić information content (AvgIpc) is 2.99. The summed E-state index contributed by atoms with van der Waals surface area (Å²) in [6, 6.07) is 12.9. The van der Waals surface area contributed by atoms with Gasteiger partial charge in [0.2, 0.25) is 5.91 Å². The summed E-state index contributed by atoms with van der Waals surface area (Å²) in [5.74, 6) is -0.202. The zero-order valence-corrected chi connectivity index (χ0v) is 14.1. The first-order valence-electron chi connectivity index (χ1n) is 7.31. The van der Waals surface area contributed by atoms with E-state index in [0.29, 0.717) is 22.2 Å². The number of hydrogen-bond acceptors (Lipinski definition) is 3. The molecular formula is C17H14Cl2N4O. The summed E-state index contributed by atoms with van der Waals surface area (Å²) in [7, 11) is 0. The highest BCUT2D eigenvalue weighted by Crippen LogP contribution is 2.22. The number of aryl methyl sites for hydroxylation is 1. The third-order valence-electron chi connectivity index (χ3n) is 3.49. The fraction of sp³-hybridized carbons (Fsp3) is 0.118. The van der Waals surface area contributed by atoms with Gasteiger partial charge in [-0.1, -0.05) is 41.4 Å². The second kappa shape index (κ2) is 7.47. The van der Waals surface area contributed by atoms with Gasteiger partial charge in [0.15, 0.2) is 0 Å². The molecule has 0 aliphatic rings. The molecule has 2 aromatic carbocycles. The van der Waals surface area contributed by atoms with Crippen LogP contribution < -0.4 is 5.43 Å². The van der Waals surface area contributed by atoms with Crippen LogP contribution in [0.4, 0.5) is 0 Å². The molecule has 1 aromatic heterocycles. The van der Waals surface area contributed by atoms with Crippen LogP contribution in [0, 0.1) is 0 Å². The van der Waals surface area contributed by atoms with Gasteiger partial charge in [-0.3, -0.25) is 4.79 Å². The van der Waals surface area contributed by atoms with E-state index >= 15 is 0 Å². The van der Waals surface area contributed by atoms with Crippen molar-refractivity contribution in [3.63, 3.8) is 0 Å². The summed E-state index contributed by atoms with van der Waals surface area (Å²) < 4.78 is 1.93. The van der Waals surface area contributed by atoms with E-state index < -0.39 is 0 Å². The minimum absolute atomic E-state index is 0.202. The van der Waals surface area contributed by atoms with E-state index in [2.05, 4.69) is 15.5 Å². The Morgan fingerprint density at radius 1 is 1.17 bits per heavy atom. The number of carbonyl (C=O) groups excluding carboxylic acids is 1. The fourth-order valence-corrected chi connectivity index (χ4v) is 2.76. The topological polar surface area (TPSA) is 59.3 Å². The largest absolute Gasteiger partial charge is 0.330 e. The Kier molecular flexibility index (Phi) is 5.13. The number of nitrogens with zero attached hydrogens (tertiary/aromatic N) is 3. The van der Waals surface area contributed by atoms with Gasteiger partial charge in [-0.05, 0) is 24.3 Å². The van der Waals surface area contributed by atoms with Crippen LogP contribution in [0.5, 0.6) is 0 Å². The van der Waals surface area contributed by atoms with E-state index in [1.165, 1.54) is 6.21 Å². The molecule has 0 atom stereocenters. The molecule has 24 heavy (non-hydrogen) atoms. The molecule has 1 heterocycles. The van der Waals surface area contributed by atoms with Gasteiger partial charge < -0.3 is 4.57 Å². The van der Waals surface area contributed by atoms with Crippen molar-refractivity contribution in [1.29, 1.82) is 0 Å². The smallest absolute Gasteiger partial charge is 0.241 e. The van der Waals surface area contributed by atoms with Gasteiger partial charge in [0.25, 0.3) is 0 Å². The van der Waals surface area contributed by atoms with Gasteiger partial charge in [-0.2, -0.15) is 5.10 Å². The number of hydrogen-bond donors (Lipinski definition) is 1. The molecule has 3 aromatic rings. The maximum absolute atomic E-state index is 11.9. The van der Waals surface area contributed by atoms with E-state index in [9.17, 15) is 4.79 Å². The third-order valence-corrected chi connectivity index (χ3v) is 4.15. The highest BCUT2D eigenvalue weighted by Gasteiger charge is 2.05. The van der Waals surface area contributed by atoms with Crippen molar-refractivity contribution in [2.45, 2.75) is 13.0 Å². The number of amides is 1. The second-order valence-electron chi connectivity index (χ2n) is 5.11. The van der Waals surface area contributed by atoms with Crippen molar-refractivity contribution in [2.75, 3.05) is 0 Å². The van der Waals surface area contributed by atoms with Gasteiger partial charge in [0.1, 0.15) is 0 Å². The predicted molar refractivity (Wildman–Crippen MR) is 96.5 cm³/mol. The van der Waals surface area contributed by atoms with Crippen molar-refractivity contribution < 1.29 is 4.79 Å². The lowest BCUT2D eigenvalue weighted by atomic mass is 10.2. The number of imidazole rings is 1. The Bertz CT molecular complexity index is 884. The Hall–Kier alpha value is -2.37. The van der Waals surface area contributed by atoms with E-state index in [-0.39, 0.29) is 12.3 Å². The summed E-state index contributed by atoms with van der Waals surface area (Å²) in [6.07, 6.45) is 3.45. The lowest BCUT2D eigenvalue weighted by Crippen LogP contribution is -2.19. The Balaban J connectivity index is 1.57. The summed E-state index contributed by atoms with van der Waals surface area (Å²) in [5, 5.41) is 4.86. The normalized spacial score (nSPS) is 11.2. The summed E-state index contributed by atoms with van der Waals surface area (Å²) in [4.78, 5) is 16.2. The van der Waals surface area contributed by atoms with Crippen LogP contribution in [0.3, 0.4) is 0 Å². The number of rotatable bonds is 5. The molecule has 0 spiro atoms. The molecule has 0 aliphatic carbocycles. The van der Waals surface area contributed by atoms with Crippen molar-refractivity contribution >= 4 is 46.4 Å². The minimum atomic E-state index is -0.202.